The summed E-state index contributed by atoms with van der Waals surface area (Å²) in [7, 11) is -1.38. The number of carbonyl (C=O) groups excluding carboxylic acids is 1. The number of ether oxygens (including phenoxy) is 2. The quantitative estimate of drug-likeness (QED) is 0.435. The van der Waals surface area contributed by atoms with Crippen molar-refractivity contribution in [3.8, 4) is 11.5 Å². The lowest BCUT2D eigenvalue weighted by molar-refractivity contribution is -0.114. The summed E-state index contributed by atoms with van der Waals surface area (Å²) in [5.74, 6) is -0.481. The van der Waals surface area contributed by atoms with Gasteiger partial charge < -0.3 is 19.7 Å². The van der Waals surface area contributed by atoms with E-state index in [1.54, 1.807) is 12.1 Å². The maximum Gasteiger partial charge on any atom is 0.264 e. The van der Waals surface area contributed by atoms with E-state index in [1.807, 2.05) is 12.1 Å². The predicted octanol–water partition coefficient (Wildman–Crippen LogP) is 4.67. The number of rotatable bonds is 9. The lowest BCUT2D eigenvalue weighted by atomic mass is 10.1. The molecule has 196 valence electrons. The molecule has 0 unspecified atom stereocenters. The molecular weight excluding hydrogens is 497 g/mol. The van der Waals surface area contributed by atoms with E-state index in [4.69, 9.17) is 9.47 Å². The number of nitrogens with zero attached hydrogens (tertiary/aromatic N) is 2. The Bertz CT molecular complexity index is 1330. The Kier molecular flexibility index (Phi) is 8.17. The molecule has 1 N–H and O–H groups in total. The van der Waals surface area contributed by atoms with Crippen molar-refractivity contribution in [3.63, 3.8) is 0 Å². The summed E-state index contributed by atoms with van der Waals surface area (Å²) in [6.07, 6.45) is 3.56. The normalized spacial score (nSPS) is 13.6. The van der Waals surface area contributed by atoms with Gasteiger partial charge in [-0.25, -0.2) is 12.8 Å². The van der Waals surface area contributed by atoms with Crippen LogP contribution in [-0.4, -0.2) is 48.2 Å². The van der Waals surface area contributed by atoms with Crippen LogP contribution in [0.25, 0.3) is 0 Å². The average molecular weight is 528 g/mol. The van der Waals surface area contributed by atoms with Gasteiger partial charge in [-0.05, 0) is 79.9 Å². The van der Waals surface area contributed by atoms with Crippen LogP contribution in [0.2, 0.25) is 0 Å². The highest BCUT2D eigenvalue weighted by atomic mass is 32.2. The van der Waals surface area contributed by atoms with Gasteiger partial charge in [0.25, 0.3) is 10.0 Å². The molecule has 10 heteroatoms. The van der Waals surface area contributed by atoms with Crippen LogP contribution in [0.4, 0.5) is 21.5 Å². The topological polar surface area (TPSA) is 88.2 Å². The van der Waals surface area contributed by atoms with E-state index in [1.165, 1.54) is 51.0 Å². The van der Waals surface area contributed by atoms with Crippen molar-refractivity contribution in [2.24, 2.45) is 0 Å². The Balaban J connectivity index is 1.57. The van der Waals surface area contributed by atoms with Gasteiger partial charge in [0.1, 0.15) is 12.4 Å². The van der Waals surface area contributed by atoms with E-state index in [9.17, 15) is 17.6 Å². The summed E-state index contributed by atoms with van der Waals surface area (Å²) in [5, 5.41) is 2.77. The van der Waals surface area contributed by atoms with Crippen LogP contribution in [0.1, 0.15) is 19.3 Å². The lowest BCUT2D eigenvalue weighted by Crippen LogP contribution is -2.38. The Labute approximate surface area is 216 Å². The largest absolute Gasteiger partial charge is 0.493 e. The van der Waals surface area contributed by atoms with Crippen LogP contribution in [-0.2, 0) is 14.8 Å². The molecule has 1 amide bonds. The first-order valence-corrected chi connectivity index (χ1v) is 13.4. The van der Waals surface area contributed by atoms with E-state index < -0.39 is 28.3 Å². The number of nitrogens with one attached hydrogen (secondary N) is 1. The van der Waals surface area contributed by atoms with E-state index in [0.29, 0.717) is 11.4 Å². The zero-order valence-electron chi connectivity index (χ0n) is 20.8. The van der Waals surface area contributed by atoms with Crippen LogP contribution in [0.3, 0.4) is 0 Å². The van der Waals surface area contributed by atoms with Crippen molar-refractivity contribution in [3.05, 3.63) is 72.5 Å². The molecule has 8 nitrogen and oxygen atoms in total. The lowest BCUT2D eigenvalue weighted by Gasteiger charge is -2.29. The average Bonchev–Trinajstić information content (AvgIpc) is 2.92. The number of benzene rings is 3. The maximum absolute atomic E-state index is 13.6. The van der Waals surface area contributed by atoms with Crippen molar-refractivity contribution in [1.29, 1.82) is 0 Å². The van der Waals surface area contributed by atoms with Crippen LogP contribution >= 0.6 is 0 Å². The van der Waals surface area contributed by atoms with Crippen LogP contribution in [0, 0.1) is 5.82 Å². The minimum atomic E-state index is -4.23. The van der Waals surface area contributed by atoms with E-state index in [0.717, 1.165) is 48.1 Å². The molecule has 4 rings (SSSR count). The van der Waals surface area contributed by atoms with Gasteiger partial charge in [-0.2, -0.15) is 0 Å². The number of hydrogen-bond donors (Lipinski definition) is 1. The molecule has 1 fully saturated rings. The molecule has 3 aromatic rings. The highest BCUT2D eigenvalue weighted by Crippen LogP contribution is 2.32. The molecule has 1 aliphatic rings. The van der Waals surface area contributed by atoms with Gasteiger partial charge in [0.05, 0.1) is 24.8 Å². The first kappa shape index (κ1) is 26.3. The zero-order valence-corrected chi connectivity index (χ0v) is 21.6. The fourth-order valence-electron chi connectivity index (χ4n) is 4.27. The Morgan fingerprint density at radius 3 is 2.19 bits per heavy atom. The highest BCUT2D eigenvalue weighted by molar-refractivity contribution is 7.92. The molecule has 1 aliphatic heterocycles. The van der Waals surface area contributed by atoms with Crippen LogP contribution in [0.15, 0.2) is 71.6 Å². The number of hydrogen-bond acceptors (Lipinski definition) is 6. The minimum Gasteiger partial charge on any atom is -0.493 e. The molecule has 0 bridgehead atoms. The minimum absolute atomic E-state index is 0.104. The second-order valence-electron chi connectivity index (χ2n) is 8.65. The second kappa shape index (κ2) is 11.5. The SMILES string of the molecule is COc1ccc(S(=O)(=O)N(CC(=O)Nc2ccc(N3CCCCC3)cc2)c2ccc(F)cc2)cc1OC. The molecule has 0 aliphatic carbocycles. The number of piperidine rings is 1. The molecule has 0 saturated carbocycles. The first-order chi connectivity index (χ1) is 17.8. The Hall–Kier alpha value is -3.79. The Morgan fingerprint density at radius 1 is 0.919 bits per heavy atom. The molecule has 37 heavy (non-hydrogen) atoms. The summed E-state index contributed by atoms with van der Waals surface area (Å²) in [5.41, 5.74) is 1.78. The Morgan fingerprint density at radius 2 is 1.57 bits per heavy atom. The van der Waals surface area contributed by atoms with E-state index in [-0.39, 0.29) is 16.3 Å². The third-order valence-corrected chi connectivity index (χ3v) is 7.99. The fraction of sp³-hybridized carbons (Fsp3) is 0.296. The first-order valence-electron chi connectivity index (χ1n) is 12.0. The van der Waals surface area contributed by atoms with Gasteiger partial charge in [-0.3, -0.25) is 9.10 Å². The number of carbonyl (C=O) groups is 1. The number of anilines is 3. The van der Waals surface area contributed by atoms with Crippen molar-refractivity contribution in [2.45, 2.75) is 24.2 Å². The van der Waals surface area contributed by atoms with E-state index in [2.05, 4.69) is 10.2 Å². The summed E-state index contributed by atoms with van der Waals surface area (Å²) >= 11 is 0. The molecule has 0 atom stereocenters. The van der Waals surface area contributed by atoms with Crippen molar-refractivity contribution in [2.75, 3.05) is 48.4 Å². The monoisotopic (exact) mass is 527 g/mol. The molecule has 3 aromatic carbocycles. The number of methoxy groups -OCH3 is 2. The molecule has 0 radical (unpaired) electrons. The number of amides is 1. The summed E-state index contributed by atoms with van der Waals surface area (Å²) < 4.78 is 52.3. The van der Waals surface area contributed by atoms with Crippen molar-refractivity contribution < 1.29 is 27.1 Å². The molecule has 1 saturated heterocycles. The highest BCUT2D eigenvalue weighted by Gasteiger charge is 2.28. The van der Waals surface area contributed by atoms with Crippen LogP contribution in [0.5, 0.6) is 11.5 Å². The molecule has 1 heterocycles. The molecule has 0 aromatic heterocycles. The van der Waals surface area contributed by atoms with Crippen LogP contribution < -0.4 is 24.0 Å². The summed E-state index contributed by atoms with van der Waals surface area (Å²) in [4.78, 5) is 15.2. The van der Waals surface area contributed by atoms with Gasteiger partial charge >= 0.3 is 0 Å². The van der Waals surface area contributed by atoms with Gasteiger partial charge in [-0.1, -0.05) is 0 Å². The van der Waals surface area contributed by atoms with Gasteiger partial charge in [0, 0.05) is 30.5 Å². The van der Waals surface area contributed by atoms with Gasteiger partial charge in [0.2, 0.25) is 5.91 Å². The van der Waals surface area contributed by atoms with Crippen molar-refractivity contribution >= 4 is 33.0 Å². The fourth-order valence-corrected chi connectivity index (χ4v) is 5.70. The van der Waals surface area contributed by atoms with Crippen molar-refractivity contribution in [1.82, 2.24) is 0 Å². The molecular formula is C27H30FN3O5S. The zero-order chi connectivity index (χ0) is 26.4. The van der Waals surface area contributed by atoms with Gasteiger partial charge in [-0.15, -0.1) is 0 Å². The third kappa shape index (κ3) is 6.14. The molecule has 0 spiro atoms. The second-order valence-corrected chi connectivity index (χ2v) is 10.5. The predicted molar refractivity (Wildman–Crippen MR) is 142 cm³/mol. The maximum atomic E-state index is 13.6. The number of sulfonamides is 1. The third-order valence-electron chi connectivity index (χ3n) is 6.22. The van der Waals surface area contributed by atoms with E-state index >= 15 is 0 Å². The van der Waals surface area contributed by atoms with Gasteiger partial charge in [0.15, 0.2) is 11.5 Å². The smallest absolute Gasteiger partial charge is 0.264 e. The standard InChI is InChI=1S/C27H30FN3O5S/c1-35-25-15-14-24(18-26(25)36-2)37(33,34)31(23-10-6-20(28)7-11-23)19-27(32)29-21-8-12-22(13-9-21)30-16-4-3-5-17-30/h6-15,18H,3-5,16-17,19H2,1-2H3,(H,29,32). The summed E-state index contributed by atoms with van der Waals surface area (Å²) in [6, 6.07) is 16.6. The number of halogens is 1. The summed E-state index contributed by atoms with van der Waals surface area (Å²) in [6.45, 7) is 1.49.